The Labute approximate surface area is 169 Å². The van der Waals surface area contributed by atoms with Crippen molar-refractivity contribution in [2.75, 3.05) is 5.32 Å². The number of aromatic hydroxyl groups is 4. The zero-order valence-corrected chi connectivity index (χ0v) is 15.8. The van der Waals surface area contributed by atoms with Crippen LogP contribution in [0.4, 0.5) is 10.2 Å². The molecule has 0 fully saturated rings. The van der Waals surface area contributed by atoms with E-state index in [2.05, 4.69) is 21.9 Å². The number of phenols is 4. The Kier molecular flexibility index (Phi) is 4.42. The standard InChI is InChI=1S/C21H17FN4O4/c1-10(16-17(22)19(28)21(30)20(29)18(16)27)25-15-6-13-5-11(3-4-12(13)7-24-15)14-8-23-9-26(14)2/h3-9,27-30H,1H2,2H3,(H,24,25). The van der Waals surface area contributed by atoms with Gasteiger partial charge in [-0.3, -0.25) is 0 Å². The second-order valence-electron chi connectivity index (χ2n) is 6.71. The molecule has 0 saturated carbocycles. The van der Waals surface area contributed by atoms with E-state index < -0.39 is 34.4 Å². The number of pyridine rings is 1. The Hall–Kier alpha value is -4.27. The molecule has 4 aromatic rings. The highest BCUT2D eigenvalue weighted by Gasteiger charge is 2.25. The van der Waals surface area contributed by atoms with Crippen LogP contribution in [0.15, 0.2) is 49.6 Å². The first-order valence-electron chi connectivity index (χ1n) is 8.76. The van der Waals surface area contributed by atoms with Crippen LogP contribution in [0.3, 0.4) is 0 Å². The molecule has 0 spiro atoms. The quantitative estimate of drug-likeness (QED) is 0.258. The maximum absolute atomic E-state index is 14.3. The third-order valence-electron chi connectivity index (χ3n) is 4.75. The third kappa shape index (κ3) is 3.02. The molecular weight excluding hydrogens is 391 g/mol. The second kappa shape index (κ2) is 6.96. The van der Waals surface area contributed by atoms with Crippen LogP contribution in [0.25, 0.3) is 27.7 Å². The van der Waals surface area contributed by atoms with Crippen LogP contribution in [0.5, 0.6) is 23.0 Å². The minimum atomic E-state index is -1.33. The predicted molar refractivity (Wildman–Crippen MR) is 110 cm³/mol. The van der Waals surface area contributed by atoms with Gasteiger partial charge in [-0.2, -0.15) is 0 Å². The summed E-state index contributed by atoms with van der Waals surface area (Å²) in [6, 6.07) is 7.50. The summed E-state index contributed by atoms with van der Waals surface area (Å²) in [6.07, 6.45) is 5.06. The van der Waals surface area contributed by atoms with Gasteiger partial charge < -0.3 is 30.3 Å². The molecule has 0 unspecified atom stereocenters. The molecule has 0 amide bonds. The Morgan fingerprint density at radius 3 is 2.43 bits per heavy atom. The van der Waals surface area contributed by atoms with Gasteiger partial charge in [-0.05, 0) is 17.5 Å². The van der Waals surface area contributed by atoms with E-state index in [0.29, 0.717) is 5.82 Å². The normalized spacial score (nSPS) is 11.0. The lowest BCUT2D eigenvalue weighted by molar-refractivity contribution is 0.331. The average molecular weight is 408 g/mol. The number of halogens is 1. The summed E-state index contributed by atoms with van der Waals surface area (Å²) < 4.78 is 16.2. The number of phenolic OH excluding ortho intramolecular Hbond substituents is 4. The molecule has 4 rings (SSSR count). The van der Waals surface area contributed by atoms with Gasteiger partial charge in [0.15, 0.2) is 17.3 Å². The number of anilines is 1. The van der Waals surface area contributed by atoms with Gasteiger partial charge >= 0.3 is 0 Å². The molecule has 0 bridgehead atoms. The number of hydrogen-bond donors (Lipinski definition) is 5. The molecule has 0 radical (unpaired) electrons. The number of aryl methyl sites for hydroxylation is 1. The fraction of sp³-hybridized carbons (Fsp3) is 0.0476. The summed E-state index contributed by atoms with van der Waals surface area (Å²) in [6.45, 7) is 3.64. The lowest BCUT2D eigenvalue weighted by atomic mass is 10.1. The minimum Gasteiger partial charge on any atom is -0.504 e. The molecule has 0 aliphatic rings. The minimum absolute atomic E-state index is 0.176. The number of nitrogens with one attached hydrogen (secondary N) is 1. The lowest BCUT2D eigenvalue weighted by Crippen LogP contribution is -2.02. The van der Waals surface area contributed by atoms with Gasteiger partial charge in [0.25, 0.3) is 0 Å². The van der Waals surface area contributed by atoms with Gasteiger partial charge in [-0.25, -0.2) is 14.4 Å². The molecule has 0 aliphatic carbocycles. The second-order valence-corrected chi connectivity index (χ2v) is 6.71. The van der Waals surface area contributed by atoms with Crippen molar-refractivity contribution in [2.45, 2.75) is 0 Å². The molecule has 2 heterocycles. The van der Waals surface area contributed by atoms with Crippen molar-refractivity contribution >= 4 is 22.3 Å². The average Bonchev–Trinajstić information content (AvgIpc) is 3.16. The smallest absolute Gasteiger partial charge is 0.207 e. The van der Waals surface area contributed by atoms with Crippen LogP contribution in [-0.4, -0.2) is 35.0 Å². The number of nitrogens with zero attached hydrogens (tertiary/aromatic N) is 3. The van der Waals surface area contributed by atoms with Gasteiger partial charge in [0, 0.05) is 29.9 Å². The van der Waals surface area contributed by atoms with E-state index >= 15 is 0 Å². The van der Waals surface area contributed by atoms with Crippen LogP contribution in [0.2, 0.25) is 0 Å². The highest BCUT2D eigenvalue weighted by Crippen LogP contribution is 2.48. The first kappa shape index (κ1) is 19.1. The summed E-state index contributed by atoms with van der Waals surface area (Å²) in [5.74, 6) is -5.41. The Balaban J connectivity index is 1.71. The van der Waals surface area contributed by atoms with Crippen LogP contribution in [0, 0.1) is 5.82 Å². The number of hydrogen-bond acceptors (Lipinski definition) is 7. The van der Waals surface area contributed by atoms with Crippen molar-refractivity contribution in [1.82, 2.24) is 14.5 Å². The van der Waals surface area contributed by atoms with Gasteiger partial charge in [0.2, 0.25) is 11.5 Å². The van der Waals surface area contributed by atoms with Crippen molar-refractivity contribution in [3.63, 3.8) is 0 Å². The summed E-state index contributed by atoms with van der Waals surface area (Å²) in [4.78, 5) is 8.35. The molecule has 9 heteroatoms. The van der Waals surface area contributed by atoms with E-state index in [1.54, 1.807) is 24.8 Å². The topological polar surface area (TPSA) is 124 Å². The molecular formula is C21H17FN4O4. The largest absolute Gasteiger partial charge is 0.504 e. The highest BCUT2D eigenvalue weighted by atomic mass is 19.1. The maximum Gasteiger partial charge on any atom is 0.207 e. The van der Waals surface area contributed by atoms with Crippen molar-refractivity contribution in [3.8, 4) is 34.3 Å². The number of rotatable bonds is 4. The monoisotopic (exact) mass is 408 g/mol. The van der Waals surface area contributed by atoms with Crippen LogP contribution in [0.1, 0.15) is 5.56 Å². The molecule has 5 N–H and O–H groups in total. The summed E-state index contributed by atoms with van der Waals surface area (Å²) in [5, 5.41) is 43.1. The van der Waals surface area contributed by atoms with Crippen LogP contribution < -0.4 is 5.32 Å². The number of fused-ring (bicyclic) bond motifs is 1. The molecule has 30 heavy (non-hydrogen) atoms. The van der Waals surface area contributed by atoms with E-state index in [-0.39, 0.29) is 5.70 Å². The molecule has 2 aromatic heterocycles. The van der Waals surface area contributed by atoms with Crippen molar-refractivity contribution in [1.29, 1.82) is 0 Å². The molecule has 0 saturated heterocycles. The van der Waals surface area contributed by atoms with Crippen molar-refractivity contribution < 1.29 is 24.8 Å². The first-order valence-corrected chi connectivity index (χ1v) is 8.76. The fourth-order valence-electron chi connectivity index (χ4n) is 3.17. The number of aromatic nitrogens is 3. The molecule has 0 aliphatic heterocycles. The predicted octanol–water partition coefficient (Wildman–Crippen LogP) is 3.68. The number of benzene rings is 2. The Morgan fingerprint density at radius 2 is 1.73 bits per heavy atom. The summed E-state index contributed by atoms with van der Waals surface area (Å²) in [7, 11) is 1.89. The number of imidazole rings is 1. The lowest BCUT2D eigenvalue weighted by Gasteiger charge is -2.15. The van der Waals surface area contributed by atoms with Gasteiger partial charge in [-0.15, -0.1) is 0 Å². The fourth-order valence-corrected chi connectivity index (χ4v) is 3.17. The summed E-state index contributed by atoms with van der Waals surface area (Å²) in [5.41, 5.74) is 1.10. The highest BCUT2D eigenvalue weighted by molar-refractivity contribution is 5.90. The van der Waals surface area contributed by atoms with Crippen LogP contribution in [-0.2, 0) is 7.05 Å². The van der Waals surface area contributed by atoms with E-state index in [0.717, 1.165) is 22.0 Å². The molecule has 152 valence electrons. The van der Waals surface area contributed by atoms with Crippen molar-refractivity contribution in [3.05, 3.63) is 60.9 Å². The zero-order valence-electron chi connectivity index (χ0n) is 15.8. The van der Waals surface area contributed by atoms with E-state index in [4.69, 9.17) is 0 Å². The van der Waals surface area contributed by atoms with Gasteiger partial charge in [0.05, 0.1) is 23.8 Å². The maximum atomic E-state index is 14.3. The Morgan fingerprint density at radius 1 is 1.00 bits per heavy atom. The van der Waals surface area contributed by atoms with E-state index in [9.17, 15) is 24.8 Å². The van der Waals surface area contributed by atoms with Crippen molar-refractivity contribution in [2.24, 2.45) is 7.05 Å². The molecule has 2 aromatic carbocycles. The first-order chi connectivity index (χ1) is 14.3. The SMILES string of the molecule is C=C(Nc1cc2cc(-c3cncn3C)ccc2cn1)c1c(O)c(O)c(O)c(O)c1F. The molecule has 8 nitrogen and oxygen atoms in total. The zero-order chi connectivity index (χ0) is 21.6. The van der Waals surface area contributed by atoms with Gasteiger partial charge in [0.1, 0.15) is 5.82 Å². The Bertz CT molecular complexity index is 1290. The summed E-state index contributed by atoms with van der Waals surface area (Å²) >= 11 is 0. The van der Waals surface area contributed by atoms with E-state index in [1.807, 2.05) is 29.8 Å². The third-order valence-corrected chi connectivity index (χ3v) is 4.75. The van der Waals surface area contributed by atoms with E-state index in [1.165, 1.54) is 0 Å². The van der Waals surface area contributed by atoms with Crippen LogP contribution >= 0.6 is 0 Å². The molecule has 0 atom stereocenters. The van der Waals surface area contributed by atoms with Gasteiger partial charge in [-0.1, -0.05) is 18.7 Å².